The highest BCUT2D eigenvalue weighted by Crippen LogP contribution is 2.28. The Morgan fingerprint density at radius 3 is 2.33 bits per heavy atom. The van der Waals surface area contributed by atoms with Crippen molar-refractivity contribution in [1.29, 1.82) is 0 Å². The number of rotatable bonds is 4. The van der Waals surface area contributed by atoms with Crippen molar-refractivity contribution in [2.75, 3.05) is 21.3 Å². The minimum Gasteiger partial charge on any atom is -0.497 e. The SMILES string of the molecule is Br.CNC(C)c1ccc(OC)cc1OC. The molecule has 1 rings (SSSR count). The van der Waals surface area contributed by atoms with Crippen molar-refractivity contribution in [2.45, 2.75) is 13.0 Å². The highest BCUT2D eigenvalue weighted by molar-refractivity contribution is 8.93. The summed E-state index contributed by atoms with van der Waals surface area (Å²) in [6.07, 6.45) is 0. The monoisotopic (exact) mass is 275 g/mol. The first-order chi connectivity index (χ1) is 6.72. The van der Waals surface area contributed by atoms with E-state index in [9.17, 15) is 0 Å². The molecule has 0 amide bonds. The third-order valence-electron chi connectivity index (χ3n) is 2.34. The zero-order chi connectivity index (χ0) is 10.6. The number of benzene rings is 1. The average molecular weight is 276 g/mol. The van der Waals surface area contributed by atoms with Crippen molar-refractivity contribution >= 4 is 17.0 Å². The van der Waals surface area contributed by atoms with Crippen LogP contribution in [-0.2, 0) is 0 Å². The zero-order valence-corrected chi connectivity index (χ0v) is 11.2. The molecule has 0 bridgehead atoms. The molecule has 0 heterocycles. The Hall–Kier alpha value is -0.740. The van der Waals surface area contributed by atoms with E-state index in [-0.39, 0.29) is 23.0 Å². The molecule has 1 aromatic rings. The molecule has 1 atom stereocenters. The van der Waals surface area contributed by atoms with Gasteiger partial charge in [0.25, 0.3) is 0 Å². The summed E-state index contributed by atoms with van der Waals surface area (Å²) in [6.45, 7) is 2.09. The minimum absolute atomic E-state index is 0. The standard InChI is InChI=1S/C11H17NO2.BrH/c1-8(12-2)10-6-5-9(13-3)7-11(10)14-4;/h5-8,12H,1-4H3;1H. The van der Waals surface area contributed by atoms with Crippen LogP contribution in [0.3, 0.4) is 0 Å². The molecule has 3 nitrogen and oxygen atoms in total. The lowest BCUT2D eigenvalue weighted by Crippen LogP contribution is -2.13. The van der Waals surface area contributed by atoms with Gasteiger partial charge in [-0.3, -0.25) is 0 Å². The maximum atomic E-state index is 5.29. The first kappa shape index (κ1) is 14.3. The molecule has 0 aliphatic rings. The lowest BCUT2D eigenvalue weighted by atomic mass is 10.1. The molecular formula is C11H18BrNO2. The lowest BCUT2D eigenvalue weighted by Gasteiger charge is -2.15. The largest absolute Gasteiger partial charge is 0.497 e. The second-order valence-corrected chi connectivity index (χ2v) is 3.12. The number of ether oxygens (including phenoxy) is 2. The summed E-state index contributed by atoms with van der Waals surface area (Å²) >= 11 is 0. The van der Waals surface area contributed by atoms with Crippen LogP contribution in [0.5, 0.6) is 11.5 Å². The molecule has 1 unspecified atom stereocenters. The second kappa shape index (κ2) is 6.69. The Bertz CT molecular complexity index is 305. The van der Waals surface area contributed by atoms with Crippen LogP contribution in [0, 0.1) is 0 Å². The summed E-state index contributed by atoms with van der Waals surface area (Å²) in [5.74, 6) is 1.67. The molecule has 1 aromatic carbocycles. The van der Waals surface area contributed by atoms with E-state index in [2.05, 4.69) is 12.2 Å². The van der Waals surface area contributed by atoms with Crippen LogP contribution in [0.4, 0.5) is 0 Å². The zero-order valence-electron chi connectivity index (χ0n) is 9.53. The predicted molar refractivity (Wildman–Crippen MR) is 67.3 cm³/mol. The van der Waals surface area contributed by atoms with E-state index in [0.29, 0.717) is 0 Å². The topological polar surface area (TPSA) is 30.5 Å². The van der Waals surface area contributed by atoms with E-state index in [4.69, 9.17) is 9.47 Å². The van der Waals surface area contributed by atoms with Gasteiger partial charge in [-0.2, -0.15) is 0 Å². The number of methoxy groups -OCH3 is 2. The summed E-state index contributed by atoms with van der Waals surface area (Å²) in [7, 11) is 5.24. The smallest absolute Gasteiger partial charge is 0.127 e. The van der Waals surface area contributed by atoms with E-state index in [1.54, 1.807) is 14.2 Å². The fourth-order valence-electron chi connectivity index (χ4n) is 1.33. The quantitative estimate of drug-likeness (QED) is 0.916. The highest BCUT2D eigenvalue weighted by Gasteiger charge is 2.09. The molecule has 0 aliphatic heterocycles. The second-order valence-electron chi connectivity index (χ2n) is 3.12. The molecule has 15 heavy (non-hydrogen) atoms. The van der Waals surface area contributed by atoms with Crippen molar-refractivity contribution in [1.82, 2.24) is 5.32 Å². The molecule has 1 N–H and O–H groups in total. The molecule has 0 saturated carbocycles. The van der Waals surface area contributed by atoms with Gasteiger partial charge in [0.2, 0.25) is 0 Å². The Kier molecular flexibility index (Phi) is 6.36. The molecule has 0 spiro atoms. The van der Waals surface area contributed by atoms with Crippen LogP contribution < -0.4 is 14.8 Å². The summed E-state index contributed by atoms with van der Waals surface area (Å²) in [5.41, 5.74) is 1.14. The average Bonchev–Trinajstić information content (AvgIpc) is 2.27. The summed E-state index contributed by atoms with van der Waals surface area (Å²) in [6, 6.07) is 6.11. The van der Waals surface area contributed by atoms with Gasteiger partial charge in [0, 0.05) is 17.7 Å². The van der Waals surface area contributed by atoms with Crippen LogP contribution in [0.15, 0.2) is 18.2 Å². The van der Waals surface area contributed by atoms with Gasteiger partial charge in [-0.25, -0.2) is 0 Å². The van der Waals surface area contributed by atoms with Gasteiger partial charge in [0.1, 0.15) is 11.5 Å². The summed E-state index contributed by atoms with van der Waals surface area (Å²) in [4.78, 5) is 0. The molecule has 0 radical (unpaired) electrons. The van der Waals surface area contributed by atoms with Crippen molar-refractivity contribution < 1.29 is 9.47 Å². The molecule has 0 fully saturated rings. The van der Waals surface area contributed by atoms with Gasteiger partial charge >= 0.3 is 0 Å². The maximum Gasteiger partial charge on any atom is 0.127 e. The fourth-order valence-corrected chi connectivity index (χ4v) is 1.33. The Morgan fingerprint density at radius 2 is 1.87 bits per heavy atom. The first-order valence-corrected chi connectivity index (χ1v) is 4.62. The van der Waals surface area contributed by atoms with Crippen molar-refractivity contribution in [3.8, 4) is 11.5 Å². The van der Waals surface area contributed by atoms with Crippen LogP contribution in [-0.4, -0.2) is 21.3 Å². The number of nitrogens with one attached hydrogen (secondary N) is 1. The first-order valence-electron chi connectivity index (χ1n) is 4.62. The van der Waals surface area contributed by atoms with E-state index < -0.39 is 0 Å². The van der Waals surface area contributed by atoms with Gasteiger partial charge in [-0.15, -0.1) is 17.0 Å². The van der Waals surface area contributed by atoms with Gasteiger partial charge in [0.15, 0.2) is 0 Å². The maximum absolute atomic E-state index is 5.29. The Balaban J connectivity index is 0.00000196. The molecule has 4 heteroatoms. The van der Waals surface area contributed by atoms with E-state index in [1.165, 1.54) is 0 Å². The van der Waals surface area contributed by atoms with E-state index in [1.807, 2.05) is 25.2 Å². The van der Waals surface area contributed by atoms with Crippen LogP contribution in [0.25, 0.3) is 0 Å². The highest BCUT2D eigenvalue weighted by atomic mass is 79.9. The van der Waals surface area contributed by atoms with Gasteiger partial charge < -0.3 is 14.8 Å². The van der Waals surface area contributed by atoms with Crippen molar-refractivity contribution in [3.05, 3.63) is 23.8 Å². The van der Waals surface area contributed by atoms with Crippen LogP contribution >= 0.6 is 17.0 Å². The van der Waals surface area contributed by atoms with Crippen LogP contribution in [0.2, 0.25) is 0 Å². The minimum atomic E-state index is 0. The molecule has 86 valence electrons. The van der Waals surface area contributed by atoms with Gasteiger partial charge in [0.05, 0.1) is 14.2 Å². The Morgan fingerprint density at radius 1 is 1.20 bits per heavy atom. The summed E-state index contributed by atoms with van der Waals surface area (Å²) < 4.78 is 10.4. The van der Waals surface area contributed by atoms with Crippen molar-refractivity contribution in [2.24, 2.45) is 0 Å². The third-order valence-corrected chi connectivity index (χ3v) is 2.34. The number of hydrogen-bond donors (Lipinski definition) is 1. The molecule has 0 saturated heterocycles. The van der Waals surface area contributed by atoms with E-state index in [0.717, 1.165) is 17.1 Å². The van der Waals surface area contributed by atoms with Crippen LogP contribution in [0.1, 0.15) is 18.5 Å². The van der Waals surface area contributed by atoms with Crippen molar-refractivity contribution in [3.63, 3.8) is 0 Å². The molecule has 0 aromatic heterocycles. The normalized spacial score (nSPS) is 11.5. The van der Waals surface area contributed by atoms with Gasteiger partial charge in [-0.05, 0) is 20.0 Å². The number of halogens is 1. The lowest BCUT2D eigenvalue weighted by molar-refractivity contribution is 0.387. The van der Waals surface area contributed by atoms with E-state index >= 15 is 0 Å². The number of hydrogen-bond acceptors (Lipinski definition) is 3. The molecular weight excluding hydrogens is 258 g/mol. The third kappa shape index (κ3) is 3.39. The van der Waals surface area contributed by atoms with Gasteiger partial charge in [-0.1, -0.05) is 6.07 Å². The summed E-state index contributed by atoms with van der Waals surface area (Å²) in [5, 5.41) is 3.17. The predicted octanol–water partition coefficient (Wildman–Crippen LogP) is 2.56. The fraction of sp³-hybridized carbons (Fsp3) is 0.455. The molecule has 0 aliphatic carbocycles. The Labute approximate surface area is 102 Å².